The number of carbonyl (C=O) groups excluding carboxylic acids is 1. The van der Waals surface area contributed by atoms with Gasteiger partial charge in [-0.25, -0.2) is 0 Å². The van der Waals surface area contributed by atoms with Gasteiger partial charge >= 0.3 is 0 Å². The summed E-state index contributed by atoms with van der Waals surface area (Å²) >= 11 is 3.28. The molecular formula is C12H12BrN3O. The monoisotopic (exact) mass is 293 g/mol. The molecule has 1 fully saturated rings. The van der Waals surface area contributed by atoms with Gasteiger partial charge in [-0.2, -0.15) is 5.26 Å². The topological polar surface area (TPSA) is 64.9 Å². The second-order valence-electron chi connectivity index (χ2n) is 4.01. The van der Waals surface area contributed by atoms with Crippen molar-refractivity contribution in [3.63, 3.8) is 0 Å². The van der Waals surface area contributed by atoms with Crippen molar-refractivity contribution in [1.82, 2.24) is 5.32 Å². The molecule has 0 spiro atoms. The number of hydrogen-bond acceptors (Lipinski definition) is 3. The van der Waals surface area contributed by atoms with E-state index in [9.17, 15) is 4.79 Å². The molecule has 0 atom stereocenters. The molecule has 1 aromatic rings. The van der Waals surface area contributed by atoms with Gasteiger partial charge in [0.2, 0.25) is 5.91 Å². The second kappa shape index (κ2) is 5.30. The summed E-state index contributed by atoms with van der Waals surface area (Å²) in [6.45, 7) is 0.336. The van der Waals surface area contributed by atoms with Crippen molar-refractivity contribution in [3.05, 3.63) is 28.2 Å². The van der Waals surface area contributed by atoms with Crippen molar-refractivity contribution in [2.24, 2.45) is 0 Å². The fourth-order valence-corrected chi connectivity index (χ4v) is 1.88. The summed E-state index contributed by atoms with van der Waals surface area (Å²) in [5, 5.41) is 14.7. The van der Waals surface area contributed by atoms with Gasteiger partial charge in [0.1, 0.15) is 6.07 Å². The minimum atomic E-state index is -0.0616. The highest BCUT2D eigenvalue weighted by Crippen LogP contribution is 2.21. The molecule has 0 unspecified atom stereocenters. The Hall–Kier alpha value is -1.38. The molecule has 0 saturated heterocycles. The van der Waals surface area contributed by atoms with E-state index >= 15 is 0 Å². The van der Waals surface area contributed by atoms with Crippen LogP contribution in [-0.2, 0) is 4.79 Å². The molecule has 0 aliphatic heterocycles. The van der Waals surface area contributed by atoms with Crippen LogP contribution in [-0.4, -0.2) is 18.5 Å². The molecule has 1 aliphatic rings. The van der Waals surface area contributed by atoms with Gasteiger partial charge in [0.25, 0.3) is 0 Å². The van der Waals surface area contributed by atoms with Crippen LogP contribution in [0.1, 0.15) is 18.4 Å². The summed E-state index contributed by atoms with van der Waals surface area (Å²) in [5.74, 6) is -0.0616. The first-order valence-corrected chi connectivity index (χ1v) is 6.21. The fourth-order valence-electron chi connectivity index (χ4n) is 1.41. The molecule has 2 rings (SSSR count). The first kappa shape index (κ1) is 12.1. The van der Waals surface area contributed by atoms with E-state index in [4.69, 9.17) is 5.26 Å². The quantitative estimate of drug-likeness (QED) is 0.892. The van der Waals surface area contributed by atoms with Gasteiger partial charge in [-0.15, -0.1) is 0 Å². The van der Waals surface area contributed by atoms with Crippen molar-refractivity contribution in [1.29, 1.82) is 5.26 Å². The number of anilines is 1. The summed E-state index contributed by atoms with van der Waals surface area (Å²) in [5.41, 5.74) is 1.25. The fraction of sp³-hybridized carbons (Fsp3) is 0.333. The van der Waals surface area contributed by atoms with Crippen molar-refractivity contribution in [2.75, 3.05) is 11.9 Å². The zero-order chi connectivity index (χ0) is 12.3. The van der Waals surface area contributed by atoms with Gasteiger partial charge in [-0.3, -0.25) is 4.79 Å². The molecule has 4 nitrogen and oxygen atoms in total. The van der Waals surface area contributed by atoms with Crippen molar-refractivity contribution < 1.29 is 4.79 Å². The third-order valence-electron chi connectivity index (χ3n) is 2.50. The van der Waals surface area contributed by atoms with Crippen molar-refractivity contribution in [3.8, 4) is 6.07 Å². The zero-order valence-corrected chi connectivity index (χ0v) is 10.8. The molecule has 5 heteroatoms. The molecule has 17 heavy (non-hydrogen) atoms. The molecule has 1 aliphatic carbocycles. The van der Waals surface area contributed by atoms with E-state index in [-0.39, 0.29) is 5.91 Å². The Morgan fingerprint density at radius 2 is 2.29 bits per heavy atom. The Morgan fingerprint density at radius 3 is 2.88 bits per heavy atom. The van der Waals surface area contributed by atoms with Gasteiger partial charge in [0, 0.05) is 16.2 Å². The third kappa shape index (κ3) is 3.55. The molecule has 1 amide bonds. The van der Waals surface area contributed by atoms with Gasteiger partial charge in [0.05, 0.1) is 12.1 Å². The smallest absolute Gasteiger partial charge is 0.238 e. The molecule has 1 saturated carbocycles. The van der Waals surface area contributed by atoms with Gasteiger partial charge < -0.3 is 10.6 Å². The van der Waals surface area contributed by atoms with Gasteiger partial charge in [-0.05, 0) is 47.0 Å². The van der Waals surface area contributed by atoms with Gasteiger partial charge in [0.15, 0.2) is 0 Å². The predicted octanol–water partition coefficient (Wildman–Crippen LogP) is 2.01. The molecule has 0 bridgehead atoms. The van der Waals surface area contributed by atoms with Crippen LogP contribution in [0.3, 0.4) is 0 Å². The lowest BCUT2D eigenvalue weighted by Gasteiger charge is -2.06. The Labute approximate surface area is 108 Å². The Kier molecular flexibility index (Phi) is 3.77. The van der Waals surface area contributed by atoms with E-state index in [1.165, 1.54) is 0 Å². The Bertz CT molecular complexity index is 477. The molecule has 1 aromatic carbocycles. The minimum absolute atomic E-state index is 0.0616. The lowest BCUT2D eigenvalue weighted by atomic mass is 10.2. The molecule has 88 valence electrons. The number of rotatable bonds is 4. The highest BCUT2D eigenvalue weighted by molar-refractivity contribution is 9.10. The van der Waals surface area contributed by atoms with Crippen LogP contribution in [0, 0.1) is 11.3 Å². The van der Waals surface area contributed by atoms with E-state index < -0.39 is 0 Å². The third-order valence-corrected chi connectivity index (χ3v) is 3.16. The number of amides is 1. The summed E-state index contributed by atoms with van der Waals surface area (Å²) in [6, 6.07) is 7.70. The Balaban J connectivity index is 1.91. The Morgan fingerprint density at radius 1 is 1.53 bits per heavy atom. The average molecular weight is 294 g/mol. The standard InChI is InChI=1S/C12H12BrN3O/c13-11-5-10(2-1-8(11)6-14)16-12(17)7-15-9-3-4-9/h1-2,5,9,15H,3-4,7H2,(H,16,17). The SMILES string of the molecule is N#Cc1ccc(NC(=O)CNC2CC2)cc1Br. The highest BCUT2D eigenvalue weighted by atomic mass is 79.9. The van der Waals surface area contributed by atoms with Crippen LogP contribution in [0.5, 0.6) is 0 Å². The molecule has 0 heterocycles. The highest BCUT2D eigenvalue weighted by Gasteiger charge is 2.21. The number of benzene rings is 1. The molecule has 0 aromatic heterocycles. The first-order chi connectivity index (χ1) is 8.19. The number of nitriles is 1. The maximum Gasteiger partial charge on any atom is 0.238 e. The first-order valence-electron chi connectivity index (χ1n) is 5.42. The van der Waals surface area contributed by atoms with Crippen LogP contribution in [0.25, 0.3) is 0 Å². The van der Waals surface area contributed by atoms with E-state index in [0.717, 1.165) is 12.8 Å². The zero-order valence-electron chi connectivity index (χ0n) is 9.16. The summed E-state index contributed by atoms with van der Waals surface area (Å²) in [4.78, 5) is 11.6. The lowest BCUT2D eigenvalue weighted by molar-refractivity contribution is -0.115. The summed E-state index contributed by atoms with van der Waals surface area (Å²) < 4.78 is 0.688. The van der Waals surface area contributed by atoms with Crippen molar-refractivity contribution >= 4 is 27.5 Å². The van der Waals surface area contributed by atoms with Crippen LogP contribution in [0.2, 0.25) is 0 Å². The predicted molar refractivity (Wildman–Crippen MR) is 68.5 cm³/mol. The number of hydrogen-bond donors (Lipinski definition) is 2. The second-order valence-corrected chi connectivity index (χ2v) is 4.86. The van der Waals surface area contributed by atoms with E-state index in [0.29, 0.717) is 28.3 Å². The van der Waals surface area contributed by atoms with Crippen LogP contribution in [0.15, 0.2) is 22.7 Å². The maximum atomic E-state index is 11.6. The van der Waals surface area contributed by atoms with Crippen LogP contribution < -0.4 is 10.6 Å². The number of nitrogens with one attached hydrogen (secondary N) is 2. The van der Waals surface area contributed by atoms with Crippen LogP contribution >= 0.6 is 15.9 Å². The van der Waals surface area contributed by atoms with Crippen molar-refractivity contribution in [2.45, 2.75) is 18.9 Å². The number of carbonyl (C=O) groups is 1. The number of halogens is 1. The largest absolute Gasteiger partial charge is 0.325 e. The normalized spacial score (nSPS) is 14.1. The van der Waals surface area contributed by atoms with E-state index in [2.05, 4.69) is 32.6 Å². The number of nitrogens with zero attached hydrogens (tertiary/aromatic N) is 1. The van der Waals surface area contributed by atoms with Gasteiger partial charge in [-0.1, -0.05) is 0 Å². The van der Waals surface area contributed by atoms with Crippen LogP contribution in [0.4, 0.5) is 5.69 Å². The average Bonchev–Trinajstić information content (AvgIpc) is 3.10. The maximum absolute atomic E-state index is 11.6. The lowest BCUT2D eigenvalue weighted by Crippen LogP contribution is -2.29. The summed E-state index contributed by atoms with van der Waals surface area (Å²) in [7, 11) is 0. The molecular weight excluding hydrogens is 282 g/mol. The minimum Gasteiger partial charge on any atom is -0.325 e. The summed E-state index contributed by atoms with van der Waals surface area (Å²) in [6.07, 6.45) is 2.32. The van der Waals surface area contributed by atoms with E-state index in [1.54, 1.807) is 18.2 Å². The molecule has 0 radical (unpaired) electrons. The molecule has 2 N–H and O–H groups in total. The van der Waals surface area contributed by atoms with E-state index in [1.807, 2.05) is 0 Å².